The molecule has 35 heavy (non-hydrogen) atoms. The zero-order chi connectivity index (χ0) is 24.8. The van der Waals surface area contributed by atoms with Gasteiger partial charge in [-0.3, -0.25) is 0 Å². The molecule has 4 aromatic rings. The molecule has 1 atom stereocenters. The predicted octanol–water partition coefficient (Wildman–Crippen LogP) is 4.55. The molecule has 0 aliphatic rings. The Labute approximate surface area is 205 Å². The van der Waals surface area contributed by atoms with Gasteiger partial charge in [-0.15, -0.1) is 0 Å². The van der Waals surface area contributed by atoms with Crippen LogP contribution in [0.4, 0.5) is 0 Å². The van der Waals surface area contributed by atoms with E-state index in [1.807, 2.05) is 78.9 Å². The Bertz CT molecular complexity index is 1240. The van der Waals surface area contributed by atoms with E-state index in [1.54, 1.807) is 6.07 Å². The Morgan fingerprint density at radius 2 is 1.17 bits per heavy atom. The van der Waals surface area contributed by atoms with E-state index in [0.717, 1.165) is 21.5 Å². The Morgan fingerprint density at radius 3 is 1.77 bits per heavy atom. The molecule has 5 N–H and O–H groups in total. The molecular weight excluding hydrogens is 490 g/mol. The molecule has 0 amide bonds. The van der Waals surface area contributed by atoms with E-state index in [4.69, 9.17) is 13.8 Å². The summed E-state index contributed by atoms with van der Waals surface area (Å²) in [5.74, 6) is 0.532. The van der Waals surface area contributed by atoms with Gasteiger partial charge in [-0.2, -0.15) is 0 Å². The number of aliphatic hydroxyl groups excluding tert-OH is 1. The van der Waals surface area contributed by atoms with Gasteiger partial charge < -0.3 is 38.5 Å². The molecule has 1 unspecified atom stereocenters. The van der Waals surface area contributed by atoms with Crippen LogP contribution in [0.5, 0.6) is 5.75 Å². The van der Waals surface area contributed by atoms with Crippen molar-refractivity contribution in [1.82, 2.24) is 0 Å². The SMILES string of the molecule is OCC(COP(O)O)(COP(O)O)C(Oc1cccc2ccccc12)c1cccc2ccccc12. The number of fused-ring (bicyclic) bond motifs is 2. The highest BCUT2D eigenvalue weighted by molar-refractivity contribution is 7.39. The normalized spacial score (nSPS) is 13.1. The van der Waals surface area contributed by atoms with Crippen molar-refractivity contribution in [2.45, 2.75) is 6.10 Å². The third-order valence-corrected chi connectivity index (χ3v) is 6.63. The van der Waals surface area contributed by atoms with Crippen molar-refractivity contribution in [2.75, 3.05) is 19.8 Å². The average molecular weight is 516 g/mol. The van der Waals surface area contributed by atoms with Gasteiger partial charge in [-0.25, -0.2) is 0 Å². The van der Waals surface area contributed by atoms with Gasteiger partial charge in [0, 0.05) is 10.9 Å². The Balaban J connectivity index is 1.90. The molecule has 0 heterocycles. The van der Waals surface area contributed by atoms with Crippen LogP contribution < -0.4 is 4.74 Å². The van der Waals surface area contributed by atoms with Crippen molar-refractivity contribution < 1.29 is 38.5 Å². The van der Waals surface area contributed by atoms with Crippen LogP contribution in [0.1, 0.15) is 11.7 Å². The number of hydrogen-bond acceptors (Lipinski definition) is 8. The molecule has 0 saturated carbocycles. The standard InChI is InChI=1S/C25H26O8P2/c26-15-25(16-31-34(27)28,17-32-35(29)30)24(22-13-5-9-18-7-1-3-11-20(18)22)33-23-14-6-10-19-8-2-4-12-21(19)23/h1-14,24,26-30H,15-17H2. The largest absolute Gasteiger partial charge is 0.484 e. The molecule has 0 bridgehead atoms. The van der Waals surface area contributed by atoms with E-state index < -0.39 is 35.3 Å². The number of ether oxygens (including phenoxy) is 1. The first-order valence-electron chi connectivity index (χ1n) is 10.8. The molecule has 4 rings (SSSR count). The van der Waals surface area contributed by atoms with Crippen LogP contribution in [-0.4, -0.2) is 44.5 Å². The molecule has 0 aliphatic carbocycles. The van der Waals surface area contributed by atoms with Crippen LogP contribution in [0.15, 0.2) is 84.9 Å². The summed E-state index contributed by atoms with van der Waals surface area (Å²) in [4.78, 5) is 37.9. The summed E-state index contributed by atoms with van der Waals surface area (Å²) in [6.45, 7) is -1.34. The van der Waals surface area contributed by atoms with Crippen LogP contribution in [-0.2, 0) is 9.05 Å². The highest BCUT2D eigenvalue weighted by Gasteiger charge is 2.44. The fourth-order valence-electron chi connectivity index (χ4n) is 4.16. The summed E-state index contributed by atoms with van der Waals surface area (Å²) < 4.78 is 17.0. The van der Waals surface area contributed by atoms with E-state index in [9.17, 15) is 24.7 Å². The van der Waals surface area contributed by atoms with Gasteiger partial charge in [-0.05, 0) is 22.2 Å². The van der Waals surface area contributed by atoms with Crippen molar-refractivity contribution >= 4 is 38.7 Å². The summed E-state index contributed by atoms with van der Waals surface area (Å²) >= 11 is 0. The summed E-state index contributed by atoms with van der Waals surface area (Å²) in [6, 6.07) is 26.6. The minimum Gasteiger partial charge on any atom is -0.484 e. The van der Waals surface area contributed by atoms with Crippen LogP contribution in [0.3, 0.4) is 0 Å². The van der Waals surface area contributed by atoms with Gasteiger partial charge in [-0.1, -0.05) is 78.9 Å². The summed E-state index contributed by atoms with van der Waals surface area (Å²) in [5, 5.41) is 14.2. The number of hydrogen-bond donors (Lipinski definition) is 5. The quantitative estimate of drug-likeness (QED) is 0.184. The van der Waals surface area contributed by atoms with Gasteiger partial charge in [0.25, 0.3) is 0 Å². The molecule has 0 radical (unpaired) electrons. The lowest BCUT2D eigenvalue weighted by Gasteiger charge is -2.39. The van der Waals surface area contributed by atoms with E-state index in [1.165, 1.54) is 0 Å². The number of rotatable bonds is 11. The molecule has 4 aromatic carbocycles. The topological polar surface area (TPSA) is 129 Å². The molecule has 8 nitrogen and oxygen atoms in total. The fourth-order valence-corrected chi connectivity index (χ4v) is 4.91. The second-order valence-corrected chi connectivity index (χ2v) is 9.64. The first kappa shape index (κ1) is 25.9. The Hall–Kier alpha value is -2.22. The number of benzene rings is 4. The van der Waals surface area contributed by atoms with Gasteiger partial charge >= 0.3 is 17.2 Å². The minimum absolute atomic E-state index is 0.385. The molecular formula is C25H26O8P2. The monoisotopic (exact) mass is 516 g/mol. The zero-order valence-electron chi connectivity index (χ0n) is 18.6. The molecule has 10 heteroatoms. The third kappa shape index (κ3) is 5.96. The Morgan fingerprint density at radius 1 is 0.657 bits per heavy atom. The maximum atomic E-state index is 10.6. The van der Waals surface area contributed by atoms with E-state index in [0.29, 0.717) is 11.3 Å². The zero-order valence-corrected chi connectivity index (χ0v) is 20.4. The summed E-state index contributed by atoms with van der Waals surface area (Å²) in [6.07, 6.45) is -0.936. The molecule has 0 fully saturated rings. The molecule has 0 saturated heterocycles. The van der Waals surface area contributed by atoms with Crippen LogP contribution in [0, 0.1) is 5.41 Å². The molecule has 0 aliphatic heterocycles. The van der Waals surface area contributed by atoms with Crippen LogP contribution >= 0.6 is 17.2 Å². The fraction of sp³-hybridized carbons (Fsp3) is 0.200. The minimum atomic E-state index is -2.75. The lowest BCUT2D eigenvalue weighted by molar-refractivity contribution is -0.0643. The first-order valence-corrected chi connectivity index (χ1v) is 13.1. The first-order chi connectivity index (χ1) is 16.9. The van der Waals surface area contributed by atoms with Gasteiger partial charge in [0.2, 0.25) is 0 Å². The second-order valence-electron chi connectivity index (χ2n) is 8.12. The summed E-state index contributed by atoms with van der Waals surface area (Å²) in [5.41, 5.74) is -0.739. The third-order valence-electron chi connectivity index (χ3n) is 5.91. The van der Waals surface area contributed by atoms with Crippen molar-refractivity contribution in [1.29, 1.82) is 0 Å². The van der Waals surface area contributed by atoms with Crippen LogP contribution in [0.25, 0.3) is 21.5 Å². The lowest BCUT2D eigenvalue weighted by atomic mass is 9.79. The molecule has 0 aromatic heterocycles. The van der Waals surface area contributed by atoms with Gasteiger partial charge in [0.1, 0.15) is 11.9 Å². The molecule has 184 valence electrons. The maximum Gasteiger partial charge on any atom is 0.327 e. The smallest absolute Gasteiger partial charge is 0.327 e. The number of aliphatic hydroxyl groups is 1. The second kappa shape index (κ2) is 11.7. The highest BCUT2D eigenvalue weighted by Crippen LogP contribution is 2.46. The molecule has 0 spiro atoms. The van der Waals surface area contributed by atoms with Crippen molar-refractivity contribution in [3.63, 3.8) is 0 Å². The van der Waals surface area contributed by atoms with Gasteiger partial charge in [0.15, 0.2) is 0 Å². The summed E-state index contributed by atoms with van der Waals surface area (Å²) in [7, 11) is -5.51. The highest BCUT2D eigenvalue weighted by atomic mass is 31.2. The van der Waals surface area contributed by atoms with Crippen molar-refractivity contribution in [2.24, 2.45) is 5.41 Å². The van der Waals surface area contributed by atoms with Crippen molar-refractivity contribution in [3.05, 3.63) is 90.5 Å². The van der Waals surface area contributed by atoms with Gasteiger partial charge in [0.05, 0.1) is 25.2 Å². The maximum absolute atomic E-state index is 10.6. The predicted molar refractivity (Wildman–Crippen MR) is 135 cm³/mol. The van der Waals surface area contributed by atoms with E-state index in [-0.39, 0.29) is 13.2 Å². The van der Waals surface area contributed by atoms with E-state index >= 15 is 0 Å². The lowest BCUT2D eigenvalue weighted by Crippen LogP contribution is -2.43. The average Bonchev–Trinajstić information content (AvgIpc) is 2.87. The van der Waals surface area contributed by atoms with Crippen LogP contribution in [0.2, 0.25) is 0 Å². The van der Waals surface area contributed by atoms with Crippen molar-refractivity contribution in [3.8, 4) is 5.75 Å². The van der Waals surface area contributed by atoms with E-state index in [2.05, 4.69) is 0 Å². The Kier molecular flexibility index (Phi) is 8.63.